The van der Waals surface area contributed by atoms with Gasteiger partial charge in [-0.3, -0.25) is 0 Å². The summed E-state index contributed by atoms with van der Waals surface area (Å²) < 4.78 is 10.7. The van der Waals surface area contributed by atoms with Gasteiger partial charge in [-0.1, -0.05) is 5.16 Å². The van der Waals surface area contributed by atoms with Gasteiger partial charge in [-0.15, -0.1) is 0 Å². The van der Waals surface area contributed by atoms with Gasteiger partial charge in [-0.05, 0) is 26.8 Å². The summed E-state index contributed by atoms with van der Waals surface area (Å²) in [5.41, 5.74) is 0. The highest BCUT2D eigenvalue weighted by atomic mass is 16.5. The van der Waals surface area contributed by atoms with Crippen molar-refractivity contribution in [2.45, 2.75) is 44.8 Å². The fourth-order valence-corrected chi connectivity index (χ4v) is 1.83. The standard InChI is InChI=1S/C11H19N3O2/c1-8(12-2)6-10-13-11(16-14-10)7-9-4-3-5-15-9/h8-9,12H,3-7H2,1-2H3. The van der Waals surface area contributed by atoms with Crippen molar-refractivity contribution in [2.24, 2.45) is 0 Å². The summed E-state index contributed by atoms with van der Waals surface area (Å²) in [6.07, 6.45) is 4.06. The Hall–Kier alpha value is -0.940. The Morgan fingerprint density at radius 1 is 1.56 bits per heavy atom. The molecule has 90 valence electrons. The van der Waals surface area contributed by atoms with Crippen LogP contribution in [0.25, 0.3) is 0 Å². The number of aromatic nitrogens is 2. The van der Waals surface area contributed by atoms with Crippen molar-refractivity contribution >= 4 is 0 Å². The molecule has 0 radical (unpaired) electrons. The molecule has 0 aliphatic carbocycles. The Morgan fingerprint density at radius 3 is 3.12 bits per heavy atom. The van der Waals surface area contributed by atoms with Crippen molar-refractivity contribution < 1.29 is 9.26 Å². The molecule has 2 atom stereocenters. The molecule has 5 heteroatoms. The maximum Gasteiger partial charge on any atom is 0.229 e. The van der Waals surface area contributed by atoms with Crippen LogP contribution in [0, 0.1) is 0 Å². The molecule has 0 bridgehead atoms. The molecular weight excluding hydrogens is 206 g/mol. The molecule has 2 unspecified atom stereocenters. The third-order valence-electron chi connectivity index (χ3n) is 2.92. The van der Waals surface area contributed by atoms with E-state index in [1.807, 2.05) is 7.05 Å². The lowest BCUT2D eigenvalue weighted by atomic mass is 10.2. The maximum absolute atomic E-state index is 5.53. The Labute approximate surface area is 95.6 Å². The molecule has 1 fully saturated rings. The van der Waals surface area contributed by atoms with Crippen molar-refractivity contribution in [3.63, 3.8) is 0 Å². The first-order valence-electron chi connectivity index (χ1n) is 5.88. The van der Waals surface area contributed by atoms with E-state index in [4.69, 9.17) is 9.26 Å². The number of nitrogens with one attached hydrogen (secondary N) is 1. The fraction of sp³-hybridized carbons (Fsp3) is 0.818. The molecule has 16 heavy (non-hydrogen) atoms. The summed E-state index contributed by atoms with van der Waals surface area (Å²) in [5.74, 6) is 1.47. The van der Waals surface area contributed by atoms with E-state index in [-0.39, 0.29) is 6.10 Å². The van der Waals surface area contributed by atoms with E-state index in [1.165, 1.54) is 0 Å². The zero-order valence-corrected chi connectivity index (χ0v) is 9.90. The Kier molecular flexibility index (Phi) is 3.90. The molecular formula is C11H19N3O2. The second kappa shape index (κ2) is 5.41. The van der Waals surface area contributed by atoms with Crippen LogP contribution in [0.4, 0.5) is 0 Å². The molecule has 1 aromatic heterocycles. The average Bonchev–Trinajstić information content (AvgIpc) is 2.91. The zero-order chi connectivity index (χ0) is 11.4. The van der Waals surface area contributed by atoms with Gasteiger partial charge >= 0.3 is 0 Å². The molecule has 2 rings (SSSR count). The number of hydrogen-bond acceptors (Lipinski definition) is 5. The van der Waals surface area contributed by atoms with Crippen LogP contribution in [0.1, 0.15) is 31.5 Å². The van der Waals surface area contributed by atoms with Gasteiger partial charge < -0.3 is 14.6 Å². The van der Waals surface area contributed by atoms with E-state index in [2.05, 4.69) is 22.4 Å². The molecule has 1 N–H and O–H groups in total. The number of nitrogens with zero attached hydrogens (tertiary/aromatic N) is 2. The topological polar surface area (TPSA) is 60.2 Å². The SMILES string of the molecule is CNC(C)Cc1noc(CC2CCCO2)n1. The van der Waals surface area contributed by atoms with Gasteiger partial charge in [-0.2, -0.15) is 4.98 Å². The van der Waals surface area contributed by atoms with E-state index < -0.39 is 0 Å². The zero-order valence-electron chi connectivity index (χ0n) is 9.90. The van der Waals surface area contributed by atoms with E-state index in [9.17, 15) is 0 Å². The van der Waals surface area contributed by atoms with E-state index >= 15 is 0 Å². The summed E-state index contributed by atoms with van der Waals surface area (Å²) in [6, 6.07) is 0.369. The molecule has 2 heterocycles. The molecule has 0 spiro atoms. The Morgan fingerprint density at radius 2 is 2.44 bits per heavy atom. The van der Waals surface area contributed by atoms with E-state index in [0.717, 1.165) is 38.1 Å². The normalized spacial score (nSPS) is 22.5. The molecule has 0 aromatic carbocycles. The highest BCUT2D eigenvalue weighted by Crippen LogP contribution is 2.16. The Balaban J connectivity index is 1.86. The van der Waals surface area contributed by atoms with Crippen molar-refractivity contribution in [2.75, 3.05) is 13.7 Å². The minimum Gasteiger partial charge on any atom is -0.378 e. The summed E-state index contributed by atoms with van der Waals surface area (Å²) in [4.78, 5) is 4.36. The van der Waals surface area contributed by atoms with Crippen LogP contribution in [-0.2, 0) is 17.6 Å². The van der Waals surface area contributed by atoms with Crippen LogP contribution >= 0.6 is 0 Å². The highest BCUT2D eigenvalue weighted by molar-refractivity contribution is 4.91. The van der Waals surface area contributed by atoms with E-state index in [0.29, 0.717) is 11.9 Å². The quantitative estimate of drug-likeness (QED) is 0.808. The number of likely N-dealkylation sites (N-methyl/N-ethyl adjacent to an activating group) is 1. The largest absolute Gasteiger partial charge is 0.378 e. The minimum atomic E-state index is 0.273. The first-order valence-corrected chi connectivity index (χ1v) is 5.88. The van der Waals surface area contributed by atoms with Gasteiger partial charge in [0.2, 0.25) is 5.89 Å². The lowest BCUT2D eigenvalue weighted by Gasteiger charge is -2.05. The number of rotatable bonds is 5. The van der Waals surface area contributed by atoms with Gasteiger partial charge in [0.15, 0.2) is 5.82 Å². The first-order chi connectivity index (χ1) is 7.78. The van der Waals surface area contributed by atoms with Crippen LogP contribution in [0.3, 0.4) is 0 Å². The maximum atomic E-state index is 5.53. The van der Waals surface area contributed by atoms with Gasteiger partial charge in [0.1, 0.15) is 0 Å². The predicted molar refractivity (Wildman–Crippen MR) is 59.2 cm³/mol. The van der Waals surface area contributed by atoms with Gasteiger partial charge in [-0.25, -0.2) is 0 Å². The average molecular weight is 225 g/mol. The summed E-state index contributed by atoms with van der Waals surface area (Å²) in [7, 11) is 1.93. The van der Waals surface area contributed by atoms with Crippen molar-refractivity contribution in [3.05, 3.63) is 11.7 Å². The molecule has 1 aliphatic rings. The third kappa shape index (κ3) is 3.02. The summed E-state index contributed by atoms with van der Waals surface area (Å²) >= 11 is 0. The fourth-order valence-electron chi connectivity index (χ4n) is 1.83. The third-order valence-corrected chi connectivity index (χ3v) is 2.92. The van der Waals surface area contributed by atoms with Crippen LogP contribution in [-0.4, -0.2) is 35.9 Å². The summed E-state index contributed by atoms with van der Waals surface area (Å²) in [5, 5.41) is 7.11. The first kappa shape index (κ1) is 11.5. The lowest BCUT2D eigenvalue weighted by Crippen LogP contribution is -2.24. The van der Waals surface area contributed by atoms with E-state index in [1.54, 1.807) is 0 Å². The molecule has 1 aromatic rings. The smallest absolute Gasteiger partial charge is 0.229 e. The van der Waals surface area contributed by atoms with Crippen LogP contribution in [0.15, 0.2) is 4.52 Å². The van der Waals surface area contributed by atoms with Crippen molar-refractivity contribution in [3.8, 4) is 0 Å². The predicted octanol–water partition coefficient (Wildman–Crippen LogP) is 0.941. The highest BCUT2D eigenvalue weighted by Gasteiger charge is 2.19. The number of ether oxygens (including phenoxy) is 1. The van der Waals surface area contributed by atoms with Gasteiger partial charge in [0.25, 0.3) is 0 Å². The van der Waals surface area contributed by atoms with Gasteiger partial charge in [0.05, 0.1) is 12.5 Å². The second-order valence-electron chi connectivity index (χ2n) is 4.34. The molecule has 5 nitrogen and oxygen atoms in total. The van der Waals surface area contributed by atoms with Crippen LogP contribution in [0.2, 0.25) is 0 Å². The molecule has 1 saturated heterocycles. The molecule has 0 saturated carbocycles. The van der Waals surface area contributed by atoms with Gasteiger partial charge in [0, 0.05) is 19.1 Å². The summed E-state index contributed by atoms with van der Waals surface area (Å²) in [6.45, 7) is 2.96. The van der Waals surface area contributed by atoms with Crippen LogP contribution in [0.5, 0.6) is 0 Å². The van der Waals surface area contributed by atoms with Crippen molar-refractivity contribution in [1.82, 2.24) is 15.5 Å². The number of hydrogen-bond donors (Lipinski definition) is 1. The second-order valence-corrected chi connectivity index (χ2v) is 4.34. The lowest BCUT2D eigenvalue weighted by molar-refractivity contribution is 0.104. The molecule has 0 amide bonds. The Bertz CT molecular complexity index is 321. The monoisotopic (exact) mass is 225 g/mol. The van der Waals surface area contributed by atoms with Crippen molar-refractivity contribution in [1.29, 1.82) is 0 Å². The minimum absolute atomic E-state index is 0.273. The molecule has 1 aliphatic heterocycles. The van der Waals surface area contributed by atoms with Crippen LogP contribution < -0.4 is 5.32 Å².